The Morgan fingerprint density at radius 3 is 2.91 bits per heavy atom. The summed E-state index contributed by atoms with van der Waals surface area (Å²) in [6.07, 6.45) is 1.39. The highest BCUT2D eigenvalue weighted by Gasteiger charge is 2.31. The van der Waals surface area contributed by atoms with Gasteiger partial charge in [0.15, 0.2) is 0 Å². The molecule has 0 fully saturated rings. The number of carbonyl (C=O) groups excluding carboxylic acids is 1. The molecule has 1 amide bonds. The third-order valence-corrected chi connectivity index (χ3v) is 5.70. The van der Waals surface area contributed by atoms with Crippen LogP contribution in [0.4, 0.5) is 0 Å². The van der Waals surface area contributed by atoms with Crippen molar-refractivity contribution in [1.29, 1.82) is 0 Å². The molecule has 0 spiro atoms. The predicted molar refractivity (Wildman–Crippen MR) is 92.7 cm³/mol. The van der Waals surface area contributed by atoms with Crippen LogP contribution in [-0.2, 0) is 11.3 Å². The van der Waals surface area contributed by atoms with Crippen LogP contribution < -0.4 is 0 Å². The number of amides is 1. The summed E-state index contributed by atoms with van der Waals surface area (Å²) < 4.78 is 0.785. The van der Waals surface area contributed by atoms with Gasteiger partial charge in [0.1, 0.15) is 0 Å². The Labute approximate surface area is 140 Å². The first-order valence-corrected chi connectivity index (χ1v) is 8.46. The van der Waals surface area contributed by atoms with Crippen LogP contribution >= 0.6 is 22.9 Å². The van der Waals surface area contributed by atoms with E-state index in [-0.39, 0.29) is 11.8 Å². The Hall–Kier alpha value is -1.58. The van der Waals surface area contributed by atoms with E-state index in [2.05, 4.69) is 44.7 Å². The third kappa shape index (κ3) is 2.59. The summed E-state index contributed by atoms with van der Waals surface area (Å²) in [4.78, 5) is 15.1. The second kappa shape index (κ2) is 5.90. The maximum Gasteiger partial charge on any atom is 0.246 e. The smallest absolute Gasteiger partial charge is 0.246 e. The Bertz CT molecular complexity index is 750. The molecule has 0 radical (unpaired) electrons. The molecule has 2 aromatic rings. The molecule has 2 heterocycles. The van der Waals surface area contributed by atoms with Gasteiger partial charge in [0.25, 0.3) is 0 Å². The molecule has 2 nitrogen and oxygen atoms in total. The van der Waals surface area contributed by atoms with E-state index in [1.54, 1.807) is 11.3 Å². The molecule has 1 aliphatic rings. The fourth-order valence-corrected chi connectivity index (χ4v) is 4.46. The average molecular weight is 332 g/mol. The van der Waals surface area contributed by atoms with E-state index in [0.717, 1.165) is 4.34 Å². The van der Waals surface area contributed by atoms with Crippen LogP contribution in [0.25, 0.3) is 0 Å². The standard InChI is InChI=1S/C18H18ClNOS/c1-4-18(21)20-9-15(13-7-5-6-11(2)12(13)3)14-8-17(19)22-16(14)10-20/h4-8,15H,1,9-10H2,2-3H3/t15-/m1/s1. The van der Waals surface area contributed by atoms with E-state index in [0.29, 0.717) is 13.1 Å². The summed E-state index contributed by atoms with van der Waals surface area (Å²) in [7, 11) is 0. The maximum atomic E-state index is 12.1. The molecule has 0 bridgehead atoms. The van der Waals surface area contributed by atoms with E-state index in [9.17, 15) is 4.79 Å². The number of rotatable bonds is 2. The lowest BCUT2D eigenvalue weighted by molar-refractivity contribution is -0.127. The highest BCUT2D eigenvalue weighted by Crippen LogP contribution is 2.41. The lowest BCUT2D eigenvalue weighted by atomic mass is 9.85. The molecule has 1 aliphatic heterocycles. The van der Waals surface area contributed by atoms with E-state index >= 15 is 0 Å². The molecule has 0 unspecified atom stereocenters. The van der Waals surface area contributed by atoms with Crippen LogP contribution in [-0.4, -0.2) is 17.4 Å². The summed E-state index contributed by atoms with van der Waals surface area (Å²) in [6, 6.07) is 8.42. The van der Waals surface area contributed by atoms with Crippen molar-refractivity contribution in [2.45, 2.75) is 26.3 Å². The zero-order valence-corrected chi connectivity index (χ0v) is 14.3. The maximum absolute atomic E-state index is 12.1. The zero-order valence-electron chi connectivity index (χ0n) is 12.7. The molecular weight excluding hydrogens is 314 g/mol. The number of halogens is 1. The van der Waals surface area contributed by atoms with E-state index in [1.165, 1.54) is 33.2 Å². The van der Waals surface area contributed by atoms with Gasteiger partial charge in [-0.05, 0) is 48.2 Å². The number of thiophene rings is 1. The van der Waals surface area contributed by atoms with Gasteiger partial charge in [-0.2, -0.15) is 0 Å². The highest BCUT2D eigenvalue weighted by atomic mass is 35.5. The third-order valence-electron chi connectivity index (χ3n) is 4.43. The van der Waals surface area contributed by atoms with Crippen LogP contribution in [0, 0.1) is 13.8 Å². The summed E-state index contributed by atoms with van der Waals surface area (Å²) in [5, 5.41) is 0. The van der Waals surface area contributed by atoms with Crippen molar-refractivity contribution in [3.63, 3.8) is 0 Å². The van der Waals surface area contributed by atoms with Crippen LogP contribution in [0.1, 0.15) is 33.0 Å². The molecule has 114 valence electrons. The molecule has 0 aliphatic carbocycles. The molecule has 0 saturated carbocycles. The summed E-state index contributed by atoms with van der Waals surface area (Å²) >= 11 is 7.80. The van der Waals surface area contributed by atoms with Gasteiger partial charge in [-0.15, -0.1) is 11.3 Å². The normalized spacial score (nSPS) is 17.2. The molecular formula is C18H18ClNOS. The van der Waals surface area contributed by atoms with Gasteiger partial charge >= 0.3 is 0 Å². The topological polar surface area (TPSA) is 20.3 Å². The van der Waals surface area contributed by atoms with Crippen molar-refractivity contribution in [2.75, 3.05) is 6.54 Å². The number of benzene rings is 1. The number of carbonyl (C=O) groups is 1. The second-order valence-electron chi connectivity index (χ2n) is 5.69. The quantitative estimate of drug-likeness (QED) is 0.732. The Balaban J connectivity index is 2.10. The number of fused-ring (bicyclic) bond motifs is 1. The van der Waals surface area contributed by atoms with Crippen molar-refractivity contribution >= 4 is 28.8 Å². The van der Waals surface area contributed by atoms with Crippen molar-refractivity contribution in [1.82, 2.24) is 4.90 Å². The Kier molecular flexibility index (Phi) is 4.11. The van der Waals surface area contributed by atoms with E-state index in [1.807, 2.05) is 4.90 Å². The van der Waals surface area contributed by atoms with Crippen molar-refractivity contribution < 1.29 is 4.79 Å². The minimum absolute atomic E-state index is 0.0227. The number of nitrogens with zero attached hydrogens (tertiary/aromatic N) is 1. The monoisotopic (exact) mass is 331 g/mol. The lowest BCUT2D eigenvalue weighted by Crippen LogP contribution is -2.37. The van der Waals surface area contributed by atoms with Gasteiger partial charge in [-0.3, -0.25) is 4.79 Å². The van der Waals surface area contributed by atoms with E-state index in [4.69, 9.17) is 11.6 Å². The number of aryl methyl sites for hydroxylation is 1. The molecule has 1 aromatic heterocycles. The van der Waals surface area contributed by atoms with Crippen LogP contribution in [0.2, 0.25) is 4.34 Å². The molecule has 22 heavy (non-hydrogen) atoms. The van der Waals surface area contributed by atoms with Gasteiger partial charge < -0.3 is 4.90 Å². The first-order valence-electron chi connectivity index (χ1n) is 7.26. The minimum Gasteiger partial charge on any atom is -0.333 e. The molecule has 0 N–H and O–H groups in total. The zero-order chi connectivity index (χ0) is 15.9. The number of hydrogen-bond donors (Lipinski definition) is 0. The molecule has 4 heteroatoms. The van der Waals surface area contributed by atoms with Crippen LogP contribution in [0.15, 0.2) is 36.9 Å². The van der Waals surface area contributed by atoms with Crippen LogP contribution in [0.3, 0.4) is 0 Å². The predicted octanol–water partition coefficient (Wildman–Crippen LogP) is 4.68. The summed E-state index contributed by atoms with van der Waals surface area (Å²) in [5.41, 5.74) is 5.09. The Morgan fingerprint density at radius 1 is 1.41 bits per heavy atom. The summed E-state index contributed by atoms with van der Waals surface area (Å²) in [5.74, 6) is 0.154. The minimum atomic E-state index is -0.0227. The Morgan fingerprint density at radius 2 is 2.18 bits per heavy atom. The van der Waals surface area contributed by atoms with Gasteiger partial charge in [0, 0.05) is 17.3 Å². The number of hydrogen-bond acceptors (Lipinski definition) is 2. The van der Waals surface area contributed by atoms with Crippen LogP contribution in [0.5, 0.6) is 0 Å². The van der Waals surface area contributed by atoms with Crippen molar-refractivity contribution in [3.8, 4) is 0 Å². The molecule has 3 rings (SSSR count). The highest BCUT2D eigenvalue weighted by molar-refractivity contribution is 7.16. The fraction of sp³-hybridized carbons (Fsp3) is 0.278. The average Bonchev–Trinajstić information content (AvgIpc) is 2.88. The fourth-order valence-electron chi connectivity index (χ4n) is 3.10. The van der Waals surface area contributed by atoms with Crippen molar-refractivity contribution in [3.05, 3.63) is 68.4 Å². The van der Waals surface area contributed by atoms with Gasteiger partial charge in [0.05, 0.1) is 10.9 Å². The van der Waals surface area contributed by atoms with Gasteiger partial charge in [0.2, 0.25) is 5.91 Å². The summed E-state index contributed by atoms with van der Waals surface area (Å²) in [6.45, 7) is 9.18. The van der Waals surface area contributed by atoms with E-state index < -0.39 is 0 Å². The largest absolute Gasteiger partial charge is 0.333 e. The first kappa shape index (κ1) is 15.3. The SMILES string of the molecule is C=CC(=O)N1Cc2sc(Cl)cc2[C@@H](c2cccc(C)c2C)C1. The second-order valence-corrected chi connectivity index (χ2v) is 7.46. The lowest BCUT2D eigenvalue weighted by Gasteiger charge is -2.33. The van der Waals surface area contributed by atoms with Gasteiger partial charge in [-0.1, -0.05) is 36.4 Å². The molecule has 0 saturated heterocycles. The first-order chi connectivity index (χ1) is 10.5. The van der Waals surface area contributed by atoms with Gasteiger partial charge in [-0.25, -0.2) is 0 Å². The molecule has 1 aromatic carbocycles. The van der Waals surface area contributed by atoms with Crippen molar-refractivity contribution in [2.24, 2.45) is 0 Å². The molecule has 1 atom stereocenters.